The molecule has 2 aromatic rings. The highest BCUT2D eigenvalue weighted by atomic mass is 35.5. The number of benzene rings is 2. The minimum atomic E-state index is -4.66. The summed E-state index contributed by atoms with van der Waals surface area (Å²) in [6.45, 7) is -1.25. The predicted molar refractivity (Wildman–Crippen MR) is 123 cm³/mol. The smallest absolute Gasteiger partial charge is 0.345 e. The van der Waals surface area contributed by atoms with Gasteiger partial charge < -0.3 is 10.6 Å². The van der Waals surface area contributed by atoms with Crippen LogP contribution in [0.1, 0.15) is 33.5 Å². The molecule has 0 aromatic heterocycles. The van der Waals surface area contributed by atoms with Gasteiger partial charge in [0, 0.05) is 27.7 Å². The number of carbonyl (C=O) groups is 2. The minimum Gasteiger partial charge on any atom is -0.345 e. The fourth-order valence-electron chi connectivity index (χ4n) is 3.81. The maximum atomic E-state index is 14.3. The van der Waals surface area contributed by atoms with Crippen molar-refractivity contribution in [2.75, 3.05) is 19.6 Å². The fourth-order valence-corrected chi connectivity index (χ4v) is 4.34. The van der Waals surface area contributed by atoms with E-state index in [4.69, 9.17) is 23.2 Å². The molecular weight excluding hydrogens is 535 g/mol. The molecular formula is C23H19Cl2F6N3O2. The van der Waals surface area contributed by atoms with Crippen LogP contribution in [0.25, 0.3) is 0 Å². The quantitative estimate of drug-likeness (QED) is 0.470. The van der Waals surface area contributed by atoms with Gasteiger partial charge in [-0.2, -0.15) is 26.3 Å². The van der Waals surface area contributed by atoms with E-state index in [9.17, 15) is 35.9 Å². The molecule has 1 heterocycles. The van der Waals surface area contributed by atoms with Crippen LogP contribution < -0.4 is 10.6 Å². The first-order chi connectivity index (χ1) is 16.6. The number of hydrogen-bond acceptors (Lipinski definition) is 3. The summed E-state index contributed by atoms with van der Waals surface area (Å²) in [5, 5.41) is 3.96. The second kappa shape index (κ2) is 10.3. The van der Waals surface area contributed by atoms with Gasteiger partial charge in [-0.25, -0.2) is 0 Å². The Morgan fingerprint density at radius 3 is 2.19 bits per heavy atom. The molecule has 3 rings (SSSR count). The van der Waals surface area contributed by atoms with E-state index in [1.54, 1.807) is 5.32 Å². The number of halogens is 8. The SMILES string of the molecule is Cc1cc(C2=NCC(c3cc(Cl)cc(Cl)c3)(C(F)(F)F)C2)ccc1C(=O)NCC(=O)NCC(F)(F)F. The zero-order valence-electron chi connectivity index (χ0n) is 18.6. The molecule has 0 bridgehead atoms. The van der Waals surface area contributed by atoms with Crippen molar-refractivity contribution in [2.45, 2.75) is 31.1 Å². The Kier molecular flexibility index (Phi) is 7.95. The van der Waals surface area contributed by atoms with Crippen molar-refractivity contribution in [3.05, 3.63) is 68.7 Å². The molecule has 36 heavy (non-hydrogen) atoms. The van der Waals surface area contributed by atoms with Crippen LogP contribution in [0.5, 0.6) is 0 Å². The normalized spacial score (nSPS) is 18.1. The maximum Gasteiger partial charge on any atom is 0.405 e. The van der Waals surface area contributed by atoms with Crippen LogP contribution in [0.15, 0.2) is 41.4 Å². The second-order valence-corrected chi connectivity index (χ2v) is 9.15. The second-order valence-electron chi connectivity index (χ2n) is 8.28. The molecule has 0 saturated heterocycles. The summed E-state index contributed by atoms with van der Waals surface area (Å²) >= 11 is 11.9. The topological polar surface area (TPSA) is 70.6 Å². The summed E-state index contributed by atoms with van der Waals surface area (Å²) in [5.41, 5.74) is -1.42. The molecule has 2 amide bonds. The van der Waals surface area contributed by atoms with Gasteiger partial charge in [0.25, 0.3) is 5.91 Å². The molecule has 0 radical (unpaired) electrons. The van der Waals surface area contributed by atoms with Crippen molar-refractivity contribution in [3.8, 4) is 0 Å². The van der Waals surface area contributed by atoms with Crippen LogP contribution in [0.2, 0.25) is 10.0 Å². The molecule has 13 heteroatoms. The Labute approximate surface area is 211 Å². The van der Waals surface area contributed by atoms with Gasteiger partial charge in [0.2, 0.25) is 5.91 Å². The van der Waals surface area contributed by atoms with E-state index in [0.717, 1.165) is 0 Å². The van der Waals surface area contributed by atoms with Gasteiger partial charge in [-0.1, -0.05) is 29.3 Å². The maximum absolute atomic E-state index is 14.3. The highest BCUT2D eigenvalue weighted by Crippen LogP contribution is 2.48. The Balaban J connectivity index is 1.75. The zero-order valence-corrected chi connectivity index (χ0v) is 20.1. The average Bonchev–Trinajstić information content (AvgIpc) is 3.22. The number of nitrogens with zero attached hydrogens (tertiary/aromatic N) is 1. The molecule has 0 spiro atoms. The van der Waals surface area contributed by atoms with Crippen molar-refractivity contribution >= 4 is 40.7 Å². The van der Waals surface area contributed by atoms with Crippen molar-refractivity contribution in [1.29, 1.82) is 0 Å². The first-order valence-electron chi connectivity index (χ1n) is 10.4. The Morgan fingerprint density at radius 2 is 1.64 bits per heavy atom. The van der Waals surface area contributed by atoms with E-state index >= 15 is 0 Å². The van der Waals surface area contributed by atoms with Gasteiger partial charge in [0.05, 0.1) is 13.1 Å². The van der Waals surface area contributed by atoms with Crippen LogP contribution in [0.4, 0.5) is 26.3 Å². The van der Waals surface area contributed by atoms with E-state index in [2.05, 4.69) is 10.3 Å². The lowest BCUT2D eigenvalue weighted by atomic mass is 9.76. The molecule has 5 nitrogen and oxygen atoms in total. The number of carbonyl (C=O) groups excluding carboxylic acids is 2. The number of aliphatic imine (C=N–C) groups is 1. The molecule has 1 atom stereocenters. The van der Waals surface area contributed by atoms with Crippen LogP contribution >= 0.6 is 23.2 Å². The summed E-state index contributed by atoms with van der Waals surface area (Å²) in [6, 6.07) is 8.00. The third kappa shape index (κ3) is 6.31. The number of amides is 2. The predicted octanol–water partition coefficient (Wildman–Crippen LogP) is 5.40. The number of alkyl halides is 6. The Morgan fingerprint density at radius 1 is 1.00 bits per heavy atom. The summed E-state index contributed by atoms with van der Waals surface area (Å²) in [5.74, 6) is -1.76. The first-order valence-corrected chi connectivity index (χ1v) is 11.2. The van der Waals surface area contributed by atoms with Crippen LogP contribution in [0, 0.1) is 6.92 Å². The molecule has 1 aliphatic rings. The fraction of sp³-hybridized carbons (Fsp3) is 0.348. The number of nitrogens with one attached hydrogen (secondary N) is 2. The highest BCUT2D eigenvalue weighted by Gasteiger charge is 2.58. The van der Waals surface area contributed by atoms with Gasteiger partial charge in [-0.05, 0) is 53.9 Å². The number of aryl methyl sites for hydroxylation is 1. The van der Waals surface area contributed by atoms with Crippen molar-refractivity contribution < 1.29 is 35.9 Å². The van der Waals surface area contributed by atoms with Crippen molar-refractivity contribution in [1.82, 2.24) is 10.6 Å². The monoisotopic (exact) mass is 553 g/mol. The van der Waals surface area contributed by atoms with E-state index in [1.165, 1.54) is 43.3 Å². The minimum absolute atomic E-state index is 0.0628. The lowest BCUT2D eigenvalue weighted by molar-refractivity contribution is -0.183. The Bertz CT molecular complexity index is 1190. The molecule has 2 N–H and O–H groups in total. The van der Waals surface area contributed by atoms with E-state index in [-0.39, 0.29) is 26.9 Å². The molecule has 1 unspecified atom stereocenters. The van der Waals surface area contributed by atoms with Gasteiger partial charge in [0.1, 0.15) is 12.0 Å². The molecule has 1 aliphatic heterocycles. The third-order valence-corrected chi connectivity index (χ3v) is 6.10. The lowest BCUT2D eigenvalue weighted by Crippen LogP contribution is -2.43. The van der Waals surface area contributed by atoms with Crippen molar-refractivity contribution in [2.24, 2.45) is 4.99 Å². The molecule has 2 aromatic carbocycles. The van der Waals surface area contributed by atoms with Crippen LogP contribution in [0.3, 0.4) is 0 Å². The molecule has 0 saturated carbocycles. The Hall–Kier alpha value is -2.79. The van der Waals surface area contributed by atoms with E-state index < -0.39 is 55.6 Å². The molecule has 194 valence electrons. The average molecular weight is 554 g/mol. The largest absolute Gasteiger partial charge is 0.405 e. The van der Waals surface area contributed by atoms with Gasteiger partial charge in [0.15, 0.2) is 0 Å². The summed E-state index contributed by atoms with van der Waals surface area (Å²) in [6.07, 6.45) is -9.72. The first kappa shape index (κ1) is 27.8. The van der Waals surface area contributed by atoms with Gasteiger partial charge in [-0.3, -0.25) is 14.6 Å². The number of rotatable bonds is 6. The van der Waals surface area contributed by atoms with Gasteiger partial charge in [-0.15, -0.1) is 0 Å². The molecule has 0 fully saturated rings. The van der Waals surface area contributed by atoms with Crippen LogP contribution in [-0.4, -0.2) is 49.5 Å². The van der Waals surface area contributed by atoms with Gasteiger partial charge >= 0.3 is 12.4 Å². The summed E-state index contributed by atoms with van der Waals surface area (Å²) < 4.78 is 79.3. The van der Waals surface area contributed by atoms with E-state index in [1.807, 2.05) is 0 Å². The molecule has 0 aliphatic carbocycles. The third-order valence-electron chi connectivity index (χ3n) is 5.67. The zero-order chi connectivity index (χ0) is 26.9. The summed E-state index contributed by atoms with van der Waals surface area (Å²) in [4.78, 5) is 28.0. The van der Waals surface area contributed by atoms with E-state index in [0.29, 0.717) is 11.1 Å². The standard InChI is InChI=1S/C23H19Cl2F6N3O2/c1-12-4-13(2-3-17(12)20(36)32-9-19(35)34-11-22(26,27)28)18-8-21(10-33-18,23(29,30)31)14-5-15(24)7-16(25)6-14/h2-7H,8-11H2,1H3,(H,32,36)(H,34,35). The lowest BCUT2D eigenvalue weighted by Gasteiger charge is -2.31. The summed E-state index contributed by atoms with van der Waals surface area (Å²) in [7, 11) is 0. The van der Waals surface area contributed by atoms with Crippen molar-refractivity contribution in [3.63, 3.8) is 0 Å². The number of hydrogen-bond donors (Lipinski definition) is 2. The highest BCUT2D eigenvalue weighted by molar-refractivity contribution is 6.34. The van der Waals surface area contributed by atoms with Crippen LogP contribution in [-0.2, 0) is 10.2 Å².